The Morgan fingerprint density at radius 2 is 1.89 bits per heavy atom. The molecule has 1 saturated carbocycles. The standard InChI is InChI=1S/C15H22N2O2/c1-10-4-9-15(11(10)2)16-12(3)13-5-7-14(8-6-13)17(18)19/h5-8,10-12,15-16H,4,9H2,1-3H3. The molecule has 0 aliphatic heterocycles. The number of hydrogen-bond donors (Lipinski definition) is 1. The summed E-state index contributed by atoms with van der Waals surface area (Å²) in [6, 6.07) is 7.64. The molecule has 19 heavy (non-hydrogen) atoms. The molecule has 1 aromatic rings. The van der Waals surface area contributed by atoms with Crippen LogP contribution in [-0.4, -0.2) is 11.0 Å². The number of nitrogens with zero attached hydrogens (tertiary/aromatic N) is 1. The van der Waals surface area contributed by atoms with E-state index >= 15 is 0 Å². The molecule has 0 heterocycles. The lowest BCUT2D eigenvalue weighted by Gasteiger charge is -2.24. The van der Waals surface area contributed by atoms with Crippen LogP contribution in [0.5, 0.6) is 0 Å². The summed E-state index contributed by atoms with van der Waals surface area (Å²) in [5.74, 6) is 1.47. The molecule has 4 atom stereocenters. The van der Waals surface area contributed by atoms with E-state index in [4.69, 9.17) is 0 Å². The number of nitrogens with one attached hydrogen (secondary N) is 1. The van der Waals surface area contributed by atoms with Crippen LogP contribution in [0.4, 0.5) is 5.69 Å². The van der Waals surface area contributed by atoms with Crippen molar-refractivity contribution in [3.63, 3.8) is 0 Å². The Bertz CT molecular complexity index is 444. The average molecular weight is 262 g/mol. The lowest BCUT2D eigenvalue weighted by molar-refractivity contribution is -0.384. The van der Waals surface area contributed by atoms with Gasteiger partial charge < -0.3 is 5.32 Å². The van der Waals surface area contributed by atoms with Crippen LogP contribution in [0.2, 0.25) is 0 Å². The lowest BCUT2D eigenvalue weighted by atomic mass is 9.96. The molecule has 0 amide bonds. The Morgan fingerprint density at radius 3 is 2.37 bits per heavy atom. The summed E-state index contributed by atoms with van der Waals surface area (Å²) in [5, 5.41) is 14.3. The molecule has 1 aliphatic rings. The van der Waals surface area contributed by atoms with Gasteiger partial charge in [0, 0.05) is 24.2 Å². The summed E-state index contributed by atoms with van der Waals surface area (Å²) in [7, 11) is 0. The second kappa shape index (κ2) is 5.70. The second-order valence-electron chi connectivity index (χ2n) is 5.76. The fraction of sp³-hybridized carbons (Fsp3) is 0.600. The average Bonchev–Trinajstić information content (AvgIpc) is 2.71. The van der Waals surface area contributed by atoms with Gasteiger partial charge in [0.15, 0.2) is 0 Å². The normalized spacial score (nSPS) is 28.3. The largest absolute Gasteiger partial charge is 0.307 e. The van der Waals surface area contributed by atoms with Crippen LogP contribution in [0.1, 0.15) is 45.2 Å². The highest BCUT2D eigenvalue weighted by Gasteiger charge is 2.30. The first-order valence-electron chi connectivity index (χ1n) is 6.99. The third-order valence-corrected chi connectivity index (χ3v) is 4.53. The van der Waals surface area contributed by atoms with Gasteiger partial charge in [-0.2, -0.15) is 0 Å². The van der Waals surface area contributed by atoms with Crippen LogP contribution in [-0.2, 0) is 0 Å². The number of hydrogen-bond acceptors (Lipinski definition) is 3. The van der Waals surface area contributed by atoms with Crippen LogP contribution in [0, 0.1) is 22.0 Å². The summed E-state index contributed by atoms with van der Waals surface area (Å²) < 4.78 is 0. The maximum absolute atomic E-state index is 10.6. The summed E-state index contributed by atoms with van der Waals surface area (Å²) >= 11 is 0. The molecule has 4 nitrogen and oxygen atoms in total. The summed E-state index contributed by atoms with van der Waals surface area (Å²) in [4.78, 5) is 10.3. The molecule has 1 N–H and O–H groups in total. The van der Waals surface area contributed by atoms with Crippen molar-refractivity contribution in [3.05, 3.63) is 39.9 Å². The van der Waals surface area contributed by atoms with Gasteiger partial charge in [-0.05, 0) is 37.2 Å². The van der Waals surface area contributed by atoms with Crippen LogP contribution in [0.15, 0.2) is 24.3 Å². The maximum Gasteiger partial charge on any atom is 0.269 e. The monoisotopic (exact) mass is 262 g/mol. The van der Waals surface area contributed by atoms with Crippen molar-refractivity contribution in [2.45, 2.75) is 45.7 Å². The van der Waals surface area contributed by atoms with Crippen LogP contribution >= 0.6 is 0 Å². The first kappa shape index (κ1) is 14.0. The summed E-state index contributed by atoms with van der Waals surface area (Å²) in [5.41, 5.74) is 1.26. The molecule has 0 radical (unpaired) electrons. The molecule has 1 aromatic carbocycles. The van der Waals surface area contributed by atoms with E-state index < -0.39 is 0 Å². The topological polar surface area (TPSA) is 55.2 Å². The Balaban J connectivity index is 2.00. The number of nitro groups is 1. The minimum atomic E-state index is -0.359. The van der Waals surface area contributed by atoms with E-state index in [0.29, 0.717) is 12.0 Å². The van der Waals surface area contributed by atoms with Gasteiger partial charge in [-0.25, -0.2) is 0 Å². The highest BCUT2D eigenvalue weighted by molar-refractivity contribution is 5.34. The van der Waals surface area contributed by atoms with Crippen LogP contribution in [0.3, 0.4) is 0 Å². The zero-order chi connectivity index (χ0) is 14.0. The van der Waals surface area contributed by atoms with Crippen molar-refractivity contribution in [1.29, 1.82) is 0 Å². The molecule has 4 heteroatoms. The summed E-state index contributed by atoms with van der Waals surface area (Å²) in [6.07, 6.45) is 2.51. The number of benzene rings is 1. The van der Waals surface area contributed by atoms with Gasteiger partial charge in [-0.15, -0.1) is 0 Å². The molecule has 1 fully saturated rings. The molecular formula is C15H22N2O2. The van der Waals surface area contributed by atoms with Crippen molar-refractivity contribution in [2.24, 2.45) is 11.8 Å². The highest BCUT2D eigenvalue weighted by Crippen LogP contribution is 2.32. The number of nitro benzene ring substituents is 1. The first-order valence-corrected chi connectivity index (χ1v) is 6.99. The SMILES string of the molecule is CC(NC1CCC(C)C1C)c1ccc([N+](=O)[O-])cc1. The molecular weight excluding hydrogens is 240 g/mol. The first-order chi connectivity index (χ1) is 8.99. The third kappa shape index (κ3) is 3.13. The van der Waals surface area contributed by atoms with Gasteiger partial charge in [0.05, 0.1) is 4.92 Å². The van der Waals surface area contributed by atoms with Gasteiger partial charge in [0.25, 0.3) is 5.69 Å². The number of non-ortho nitro benzene ring substituents is 1. The predicted molar refractivity (Wildman–Crippen MR) is 76.0 cm³/mol. The molecule has 104 valence electrons. The van der Waals surface area contributed by atoms with Gasteiger partial charge >= 0.3 is 0 Å². The maximum atomic E-state index is 10.6. The van der Waals surface area contributed by atoms with E-state index in [0.717, 1.165) is 11.5 Å². The van der Waals surface area contributed by atoms with Crippen molar-refractivity contribution < 1.29 is 4.92 Å². The minimum Gasteiger partial charge on any atom is -0.307 e. The van der Waals surface area contributed by atoms with Gasteiger partial charge in [0.1, 0.15) is 0 Å². The Kier molecular flexibility index (Phi) is 4.20. The summed E-state index contributed by atoms with van der Waals surface area (Å²) in [6.45, 7) is 6.73. The second-order valence-corrected chi connectivity index (χ2v) is 5.76. The van der Waals surface area contributed by atoms with Gasteiger partial charge in [-0.1, -0.05) is 26.0 Å². The van der Waals surface area contributed by atoms with Gasteiger partial charge in [0.2, 0.25) is 0 Å². The smallest absolute Gasteiger partial charge is 0.269 e. The van der Waals surface area contributed by atoms with E-state index in [9.17, 15) is 10.1 Å². The molecule has 0 aromatic heterocycles. The van der Waals surface area contributed by atoms with E-state index in [1.165, 1.54) is 12.8 Å². The fourth-order valence-corrected chi connectivity index (χ4v) is 2.90. The quantitative estimate of drug-likeness (QED) is 0.665. The molecule has 4 unspecified atom stereocenters. The Hall–Kier alpha value is -1.42. The number of rotatable bonds is 4. The van der Waals surface area contributed by atoms with Crippen LogP contribution in [0.25, 0.3) is 0 Å². The van der Waals surface area contributed by atoms with Crippen molar-refractivity contribution in [3.8, 4) is 0 Å². The third-order valence-electron chi connectivity index (χ3n) is 4.53. The van der Waals surface area contributed by atoms with Crippen molar-refractivity contribution >= 4 is 5.69 Å². The highest BCUT2D eigenvalue weighted by atomic mass is 16.6. The van der Waals surface area contributed by atoms with E-state index in [-0.39, 0.29) is 16.7 Å². The van der Waals surface area contributed by atoms with E-state index in [1.54, 1.807) is 12.1 Å². The van der Waals surface area contributed by atoms with E-state index in [1.807, 2.05) is 12.1 Å². The van der Waals surface area contributed by atoms with Crippen molar-refractivity contribution in [2.75, 3.05) is 0 Å². The molecule has 0 saturated heterocycles. The molecule has 2 rings (SSSR count). The Morgan fingerprint density at radius 1 is 1.26 bits per heavy atom. The van der Waals surface area contributed by atoms with Crippen LogP contribution < -0.4 is 5.32 Å². The fourth-order valence-electron chi connectivity index (χ4n) is 2.90. The molecule has 1 aliphatic carbocycles. The van der Waals surface area contributed by atoms with Gasteiger partial charge in [-0.3, -0.25) is 10.1 Å². The zero-order valence-electron chi connectivity index (χ0n) is 11.8. The molecule has 0 spiro atoms. The minimum absolute atomic E-state index is 0.152. The predicted octanol–water partition coefficient (Wildman–Crippen LogP) is 3.68. The zero-order valence-corrected chi connectivity index (χ0v) is 11.8. The van der Waals surface area contributed by atoms with Crippen molar-refractivity contribution in [1.82, 2.24) is 5.32 Å². The van der Waals surface area contributed by atoms with E-state index in [2.05, 4.69) is 26.1 Å². The lowest BCUT2D eigenvalue weighted by Crippen LogP contribution is -2.34. The Labute approximate surface area is 114 Å². The molecule has 0 bridgehead atoms.